The molecular weight excluding hydrogens is 360 g/mol. The topological polar surface area (TPSA) is 17.1 Å². The lowest BCUT2D eigenvalue weighted by Crippen LogP contribution is -1.83. The Morgan fingerprint density at radius 2 is 1.80 bits per heavy atom. The quantitative estimate of drug-likeness (QED) is 0.587. The van der Waals surface area contributed by atoms with Crippen LogP contribution in [0.5, 0.6) is 0 Å². The van der Waals surface area contributed by atoms with Gasteiger partial charge in [-0.1, -0.05) is 13.8 Å². The molecule has 0 aliphatic heterocycles. The Bertz CT molecular complexity index is 450. The second kappa shape index (κ2) is 5.57. The molecule has 1 nitrogen and oxygen atoms in total. The molecule has 0 fully saturated rings. The molecule has 0 spiro atoms. The Hall–Kier alpha value is 0.290. The van der Waals surface area contributed by atoms with E-state index in [1.165, 1.54) is 11.3 Å². The molecule has 0 atom stereocenters. The lowest BCUT2D eigenvalue weighted by atomic mass is 10.3. The molecule has 0 saturated carbocycles. The molecule has 5 heteroatoms. The smallest absolute Gasteiger partial charge is 0.169 e. The van der Waals surface area contributed by atoms with Crippen molar-refractivity contribution < 1.29 is 4.79 Å². The summed E-state index contributed by atoms with van der Waals surface area (Å²) in [6.07, 6.45) is 0. The second-order valence-corrected chi connectivity index (χ2v) is 7.27. The van der Waals surface area contributed by atoms with Gasteiger partial charge in [-0.15, -0.1) is 22.7 Å². The molecule has 82 valence electrons. The van der Waals surface area contributed by atoms with E-state index in [2.05, 4.69) is 31.9 Å². The Balaban J connectivity index is 0.000000531. The van der Waals surface area contributed by atoms with E-state index < -0.39 is 0 Å². The Morgan fingerprint density at radius 3 is 2.27 bits per heavy atom. The average molecular weight is 370 g/mol. The van der Waals surface area contributed by atoms with Gasteiger partial charge in [-0.25, -0.2) is 0 Å². The fourth-order valence-electron chi connectivity index (χ4n) is 1.04. The summed E-state index contributed by atoms with van der Waals surface area (Å²) in [5, 5.41) is 1.13. The molecule has 0 saturated heterocycles. The zero-order valence-corrected chi connectivity index (χ0v) is 13.4. The molecule has 2 rings (SSSR count). The first-order valence-corrected chi connectivity index (χ1v) is 7.69. The molecule has 0 bridgehead atoms. The lowest BCUT2D eigenvalue weighted by molar-refractivity contribution is 0.102. The van der Waals surface area contributed by atoms with Crippen LogP contribution in [0.1, 0.15) is 30.4 Å². The first-order chi connectivity index (χ1) is 7.09. The van der Waals surface area contributed by atoms with E-state index in [4.69, 9.17) is 0 Å². The number of rotatable bonds is 1. The lowest BCUT2D eigenvalue weighted by Gasteiger charge is -1.83. The third-order valence-corrected chi connectivity index (χ3v) is 5.87. The van der Waals surface area contributed by atoms with Crippen LogP contribution in [-0.4, -0.2) is 5.78 Å². The van der Waals surface area contributed by atoms with Crippen molar-refractivity contribution in [3.05, 3.63) is 18.5 Å². The van der Waals surface area contributed by atoms with Crippen LogP contribution >= 0.6 is 54.5 Å². The summed E-state index contributed by atoms with van der Waals surface area (Å²) in [7, 11) is 0. The number of carbonyl (C=O) groups is 1. The summed E-state index contributed by atoms with van der Waals surface area (Å²) in [5.41, 5.74) is 0. The van der Waals surface area contributed by atoms with Crippen molar-refractivity contribution in [2.24, 2.45) is 0 Å². The predicted molar refractivity (Wildman–Crippen MR) is 76.5 cm³/mol. The third-order valence-electron chi connectivity index (χ3n) is 1.65. The van der Waals surface area contributed by atoms with Gasteiger partial charge in [0.05, 0.1) is 17.1 Å². The molecule has 2 heterocycles. The molecule has 0 aliphatic rings. The number of hydrogen-bond donors (Lipinski definition) is 0. The summed E-state index contributed by atoms with van der Waals surface area (Å²) < 4.78 is 3.33. The summed E-state index contributed by atoms with van der Waals surface area (Å²) in [4.78, 5) is 11.9. The van der Waals surface area contributed by atoms with E-state index in [1.807, 2.05) is 19.9 Å². The Kier molecular flexibility index (Phi) is 4.96. The van der Waals surface area contributed by atoms with Gasteiger partial charge in [0.15, 0.2) is 5.78 Å². The largest absolute Gasteiger partial charge is 0.294 e. The summed E-state index contributed by atoms with van der Waals surface area (Å²) in [6, 6.07) is 1.94. The van der Waals surface area contributed by atoms with Gasteiger partial charge in [0.25, 0.3) is 0 Å². The normalized spacial score (nSPS) is 9.93. The fraction of sp³-hybridized carbons (Fsp3) is 0.300. The minimum atomic E-state index is 0.130. The van der Waals surface area contributed by atoms with E-state index in [0.29, 0.717) is 0 Å². The molecule has 2 aromatic rings. The van der Waals surface area contributed by atoms with Crippen molar-refractivity contribution in [3.63, 3.8) is 0 Å². The van der Waals surface area contributed by atoms with Gasteiger partial charge in [0, 0.05) is 5.39 Å². The summed E-state index contributed by atoms with van der Waals surface area (Å²) >= 11 is 10.1. The average Bonchev–Trinajstić information content (AvgIpc) is 2.73. The van der Waals surface area contributed by atoms with Crippen LogP contribution in [0.2, 0.25) is 0 Å². The van der Waals surface area contributed by atoms with Crippen molar-refractivity contribution in [1.29, 1.82) is 0 Å². The van der Waals surface area contributed by atoms with E-state index >= 15 is 0 Å². The Morgan fingerprint density at radius 1 is 1.20 bits per heavy atom. The summed E-state index contributed by atoms with van der Waals surface area (Å²) in [5.74, 6) is 0.130. The van der Waals surface area contributed by atoms with E-state index in [1.54, 1.807) is 18.3 Å². The third kappa shape index (κ3) is 2.70. The van der Waals surface area contributed by atoms with Crippen LogP contribution in [0.25, 0.3) is 10.1 Å². The van der Waals surface area contributed by atoms with Gasteiger partial charge in [0.1, 0.15) is 0 Å². The molecule has 2 aromatic heterocycles. The standard InChI is InChI=1S/C8H4Br2OS2.C2H6/c1-3(11)5-2-4-6(12-5)8(10)13-7(4)9;1-2/h2H,1H3;1-2H3. The zero-order valence-electron chi connectivity index (χ0n) is 8.56. The monoisotopic (exact) mass is 368 g/mol. The maximum absolute atomic E-state index is 11.1. The van der Waals surface area contributed by atoms with E-state index in [-0.39, 0.29) is 5.78 Å². The van der Waals surface area contributed by atoms with Crippen LogP contribution in [0.3, 0.4) is 0 Å². The van der Waals surface area contributed by atoms with Gasteiger partial charge < -0.3 is 0 Å². The van der Waals surface area contributed by atoms with Crippen molar-refractivity contribution >= 4 is 70.4 Å². The van der Waals surface area contributed by atoms with Crippen LogP contribution in [0.4, 0.5) is 0 Å². The van der Waals surface area contributed by atoms with E-state index in [9.17, 15) is 4.79 Å². The van der Waals surface area contributed by atoms with Gasteiger partial charge in [0.2, 0.25) is 0 Å². The maximum Gasteiger partial charge on any atom is 0.169 e. The van der Waals surface area contributed by atoms with Crippen molar-refractivity contribution in [2.75, 3.05) is 0 Å². The highest BCUT2D eigenvalue weighted by atomic mass is 79.9. The van der Waals surface area contributed by atoms with Crippen LogP contribution in [0, 0.1) is 0 Å². The highest BCUT2D eigenvalue weighted by Crippen LogP contribution is 2.43. The molecule has 0 amide bonds. The molecule has 15 heavy (non-hydrogen) atoms. The number of hydrogen-bond acceptors (Lipinski definition) is 3. The van der Waals surface area contributed by atoms with Crippen LogP contribution in [-0.2, 0) is 0 Å². The highest BCUT2D eigenvalue weighted by molar-refractivity contribution is 9.12. The van der Waals surface area contributed by atoms with Gasteiger partial charge in [-0.3, -0.25) is 4.79 Å². The Labute approximate surface area is 114 Å². The highest BCUT2D eigenvalue weighted by Gasteiger charge is 2.13. The van der Waals surface area contributed by atoms with Crippen molar-refractivity contribution in [3.8, 4) is 0 Å². The van der Waals surface area contributed by atoms with Gasteiger partial charge >= 0.3 is 0 Å². The first kappa shape index (κ1) is 13.4. The number of Topliss-reactive ketones (excluding diaryl/α,β-unsaturated/α-hetero) is 1. The van der Waals surface area contributed by atoms with Crippen molar-refractivity contribution in [2.45, 2.75) is 20.8 Å². The minimum Gasteiger partial charge on any atom is -0.294 e. The molecule has 0 aliphatic carbocycles. The second-order valence-electron chi connectivity index (χ2n) is 2.56. The number of ketones is 1. The maximum atomic E-state index is 11.1. The van der Waals surface area contributed by atoms with Crippen LogP contribution in [0.15, 0.2) is 13.6 Å². The number of thiophene rings is 2. The number of halogens is 2. The fourth-order valence-corrected chi connectivity index (χ4v) is 5.40. The van der Waals surface area contributed by atoms with E-state index in [0.717, 1.165) is 22.5 Å². The minimum absolute atomic E-state index is 0.130. The number of carbonyl (C=O) groups excluding carboxylic acids is 1. The molecule has 0 aromatic carbocycles. The molecule has 0 N–H and O–H groups in total. The van der Waals surface area contributed by atoms with Gasteiger partial charge in [-0.05, 0) is 44.8 Å². The molecular formula is C10H10Br2OS2. The molecule has 0 radical (unpaired) electrons. The van der Waals surface area contributed by atoms with Crippen LogP contribution < -0.4 is 0 Å². The zero-order chi connectivity index (χ0) is 11.6. The van der Waals surface area contributed by atoms with Gasteiger partial charge in [-0.2, -0.15) is 0 Å². The SMILES string of the molecule is CC.CC(=O)c1cc2c(Br)sc(Br)c2s1. The first-order valence-electron chi connectivity index (χ1n) is 4.48. The molecule has 0 unspecified atom stereocenters. The van der Waals surface area contributed by atoms with Crippen molar-refractivity contribution in [1.82, 2.24) is 0 Å². The summed E-state index contributed by atoms with van der Waals surface area (Å²) in [6.45, 7) is 5.59. The predicted octanol–water partition coefficient (Wildman–Crippen LogP) is 5.72. The number of fused-ring (bicyclic) bond motifs is 1.